The van der Waals surface area contributed by atoms with Crippen molar-refractivity contribution in [3.05, 3.63) is 83.4 Å². The minimum atomic E-state index is -3.88. The van der Waals surface area contributed by atoms with Crippen LogP contribution in [0.15, 0.2) is 66.7 Å². The van der Waals surface area contributed by atoms with Crippen molar-refractivity contribution < 1.29 is 32.8 Å². The number of imide groups is 1. The van der Waals surface area contributed by atoms with Gasteiger partial charge in [0.1, 0.15) is 11.8 Å². The normalized spacial score (nSPS) is 15.2. The van der Waals surface area contributed by atoms with Gasteiger partial charge in [-0.2, -0.15) is 0 Å². The summed E-state index contributed by atoms with van der Waals surface area (Å²) >= 11 is 0. The molecule has 4 amide bonds. The maximum absolute atomic E-state index is 13.8. The Hall–Kier alpha value is -3.89. The Balaban J connectivity index is 1.58. The summed E-state index contributed by atoms with van der Waals surface area (Å²) in [5.41, 5.74) is 1.68. The van der Waals surface area contributed by atoms with Crippen molar-refractivity contribution >= 4 is 42.0 Å². The average Bonchev–Trinajstić information content (AvgIpc) is 3.05. The Kier molecular flexibility index (Phi) is 11.3. The number of nitrogens with one attached hydrogen (secondary N) is 3. The van der Waals surface area contributed by atoms with E-state index >= 15 is 0 Å². The van der Waals surface area contributed by atoms with E-state index in [1.807, 2.05) is 56.3 Å². The zero-order valence-electron chi connectivity index (χ0n) is 26.2. The van der Waals surface area contributed by atoms with Crippen LogP contribution in [0.3, 0.4) is 0 Å². The molecule has 0 aromatic heterocycles. The van der Waals surface area contributed by atoms with Gasteiger partial charge in [0.25, 0.3) is 11.8 Å². The molecule has 0 radical (unpaired) electrons. The Morgan fingerprint density at radius 3 is 1.98 bits per heavy atom. The van der Waals surface area contributed by atoms with E-state index in [9.17, 15) is 23.7 Å². The predicted octanol–water partition coefficient (Wildman–Crippen LogP) is 4.12. The van der Waals surface area contributed by atoms with Gasteiger partial charge in [-0.3, -0.25) is 34.0 Å². The molecule has 45 heavy (non-hydrogen) atoms. The highest BCUT2D eigenvalue weighted by molar-refractivity contribution is 7.54. The molecule has 12 heteroatoms. The largest absolute Gasteiger partial charge is 0.357 e. The zero-order chi connectivity index (χ0) is 32.7. The lowest BCUT2D eigenvalue weighted by molar-refractivity contribution is -0.130. The summed E-state index contributed by atoms with van der Waals surface area (Å²) in [5.74, 6) is -2.78. The molecule has 0 saturated heterocycles. The minimum absolute atomic E-state index is 0.0284. The second-order valence-electron chi connectivity index (χ2n) is 11.4. The van der Waals surface area contributed by atoms with Gasteiger partial charge < -0.3 is 19.7 Å². The van der Waals surface area contributed by atoms with Crippen LogP contribution in [0.4, 0.5) is 0 Å². The molecule has 0 spiro atoms. The Morgan fingerprint density at radius 1 is 0.844 bits per heavy atom. The van der Waals surface area contributed by atoms with Gasteiger partial charge in [-0.05, 0) is 41.8 Å². The molecular weight excluding hydrogens is 595 g/mol. The van der Waals surface area contributed by atoms with E-state index in [1.165, 1.54) is 21.3 Å². The fraction of sp³-hybridized carbons (Fsp3) is 0.394. The highest BCUT2D eigenvalue weighted by Gasteiger charge is 2.40. The van der Waals surface area contributed by atoms with E-state index in [0.717, 1.165) is 15.8 Å². The van der Waals surface area contributed by atoms with Gasteiger partial charge in [-0.1, -0.05) is 68.4 Å². The van der Waals surface area contributed by atoms with Crippen molar-refractivity contribution in [2.24, 2.45) is 5.92 Å². The molecule has 0 fully saturated rings. The number of hydrogen-bond donors (Lipinski definition) is 3. The monoisotopic (exact) mass is 636 g/mol. The van der Waals surface area contributed by atoms with Crippen LogP contribution in [0.1, 0.15) is 53.0 Å². The average molecular weight is 637 g/mol. The minimum Gasteiger partial charge on any atom is -0.357 e. The van der Waals surface area contributed by atoms with Crippen LogP contribution in [0, 0.1) is 5.92 Å². The first kappa shape index (κ1) is 34.0. The topological polar surface area (TPSA) is 143 Å². The smallest absolute Gasteiger partial charge is 0.346 e. The molecule has 0 saturated carbocycles. The lowest BCUT2D eigenvalue weighted by Crippen LogP contribution is -2.55. The third kappa shape index (κ3) is 7.68. The number of amides is 4. The first-order valence-electron chi connectivity index (χ1n) is 14.9. The van der Waals surface area contributed by atoms with Crippen LogP contribution >= 0.6 is 7.60 Å². The molecule has 3 N–H and O–H groups in total. The lowest BCUT2D eigenvalue weighted by Gasteiger charge is -2.33. The van der Waals surface area contributed by atoms with Crippen LogP contribution in [0.25, 0.3) is 10.8 Å². The van der Waals surface area contributed by atoms with E-state index in [2.05, 4.69) is 16.0 Å². The molecule has 1 aliphatic heterocycles. The summed E-state index contributed by atoms with van der Waals surface area (Å²) in [4.78, 5) is 54.7. The van der Waals surface area contributed by atoms with E-state index in [4.69, 9.17) is 9.05 Å². The Morgan fingerprint density at radius 2 is 1.44 bits per heavy atom. The molecule has 1 unspecified atom stereocenters. The van der Waals surface area contributed by atoms with Crippen LogP contribution in [0.5, 0.6) is 0 Å². The summed E-state index contributed by atoms with van der Waals surface area (Å²) in [6.07, 6.45) is 0.573. The predicted molar refractivity (Wildman–Crippen MR) is 172 cm³/mol. The molecule has 240 valence electrons. The van der Waals surface area contributed by atoms with Crippen molar-refractivity contribution in [3.8, 4) is 0 Å². The number of carbonyl (C=O) groups excluding carboxylic acids is 4. The molecule has 11 nitrogen and oxygen atoms in total. The number of nitrogens with zero attached hydrogens (tertiary/aromatic N) is 1. The highest BCUT2D eigenvalue weighted by Crippen LogP contribution is 2.52. The summed E-state index contributed by atoms with van der Waals surface area (Å²) in [6.45, 7) is 3.76. The molecule has 0 bridgehead atoms. The third-order valence-electron chi connectivity index (χ3n) is 7.95. The molecule has 1 aliphatic rings. The number of carbonyl (C=O) groups is 4. The molecule has 4 rings (SSSR count). The van der Waals surface area contributed by atoms with Gasteiger partial charge >= 0.3 is 7.60 Å². The maximum Gasteiger partial charge on any atom is 0.346 e. The van der Waals surface area contributed by atoms with Crippen molar-refractivity contribution in [2.45, 2.75) is 51.0 Å². The highest BCUT2D eigenvalue weighted by atomic mass is 31.2. The molecule has 3 aromatic rings. The molecule has 3 atom stereocenters. The van der Waals surface area contributed by atoms with Gasteiger partial charge in [0.05, 0.1) is 6.04 Å². The fourth-order valence-corrected chi connectivity index (χ4v) is 7.11. The van der Waals surface area contributed by atoms with E-state index in [0.29, 0.717) is 22.9 Å². The lowest BCUT2D eigenvalue weighted by atomic mass is 9.94. The first-order valence-corrected chi connectivity index (χ1v) is 16.5. The SMILES string of the molecule is CNC(=O)C(Cc1ccccc1)NC(=O)[C@H](CC(C)C)N[C@H](CCN1C(=O)c2cccc3cccc(c23)C1=O)P(=O)(OC)OC. The standard InChI is InChI=1S/C33H41N4O7P/c1-21(2)19-26(31(39)36-27(30(38)34-3)20-22-11-7-6-8-12-22)35-28(45(42,43-4)44-5)17-18-37-32(40)24-15-9-13-23-14-10-16-25(29(23)24)33(37)41/h6-16,21,26-28,35H,17-20H2,1-5H3,(H,34,38)(H,36,39)/t26-,27?,28-/m0/s1. The molecule has 3 aromatic carbocycles. The molecule has 1 heterocycles. The molecular formula is C33H41N4O7P. The number of hydrogen-bond acceptors (Lipinski definition) is 8. The van der Waals surface area contributed by atoms with Gasteiger partial charge in [-0.15, -0.1) is 0 Å². The van der Waals surface area contributed by atoms with Crippen molar-refractivity contribution in [1.29, 1.82) is 0 Å². The number of likely N-dealkylation sites (N-methyl/N-ethyl adjacent to an activating group) is 1. The van der Waals surface area contributed by atoms with Gasteiger partial charge in [0, 0.05) is 50.7 Å². The van der Waals surface area contributed by atoms with Gasteiger partial charge in [0.15, 0.2) is 0 Å². The third-order valence-corrected chi connectivity index (χ3v) is 10.1. The second kappa shape index (κ2) is 14.9. The van der Waals surface area contributed by atoms with Crippen LogP contribution in [-0.4, -0.2) is 74.2 Å². The van der Waals surface area contributed by atoms with Crippen LogP contribution in [-0.2, 0) is 29.6 Å². The Labute approximate surface area is 263 Å². The zero-order valence-corrected chi connectivity index (χ0v) is 27.1. The number of benzene rings is 3. The first-order chi connectivity index (χ1) is 21.5. The van der Waals surface area contributed by atoms with Crippen LogP contribution < -0.4 is 16.0 Å². The quantitative estimate of drug-likeness (QED) is 0.167. The van der Waals surface area contributed by atoms with E-state index < -0.39 is 43.2 Å². The summed E-state index contributed by atoms with van der Waals surface area (Å²) in [5, 5.41) is 10.0. The summed E-state index contributed by atoms with van der Waals surface area (Å²) in [7, 11) is 0.107. The fourth-order valence-electron chi connectivity index (χ4n) is 5.66. The Bertz CT molecular complexity index is 1540. The maximum atomic E-state index is 13.8. The summed E-state index contributed by atoms with van der Waals surface area (Å²) < 4.78 is 24.5. The number of rotatable bonds is 15. The second-order valence-corrected chi connectivity index (χ2v) is 13.8. The van der Waals surface area contributed by atoms with Gasteiger partial charge in [-0.25, -0.2) is 0 Å². The van der Waals surface area contributed by atoms with E-state index in [1.54, 1.807) is 24.3 Å². The van der Waals surface area contributed by atoms with E-state index in [-0.39, 0.29) is 31.2 Å². The molecule has 0 aliphatic carbocycles. The van der Waals surface area contributed by atoms with Crippen LogP contribution in [0.2, 0.25) is 0 Å². The van der Waals surface area contributed by atoms with Crippen molar-refractivity contribution in [1.82, 2.24) is 20.9 Å². The summed E-state index contributed by atoms with van der Waals surface area (Å²) in [6, 6.07) is 18.2. The van der Waals surface area contributed by atoms with Gasteiger partial charge in [0.2, 0.25) is 11.8 Å². The van der Waals surface area contributed by atoms with Crippen molar-refractivity contribution in [2.75, 3.05) is 27.8 Å². The van der Waals surface area contributed by atoms with Crippen molar-refractivity contribution in [3.63, 3.8) is 0 Å².